The summed E-state index contributed by atoms with van der Waals surface area (Å²) in [6.45, 7) is 0. The molecule has 0 fully saturated rings. The highest BCUT2D eigenvalue weighted by atomic mass is 32.2. The molecule has 0 saturated carbocycles. The lowest BCUT2D eigenvalue weighted by molar-refractivity contribution is -0.398. The Labute approximate surface area is 155 Å². The third-order valence-corrected chi connectivity index (χ3v) is 5.36. The number of nitro benzene ring substituents is 1. The minimum absolute atomic E-state index is 0.136. The number of nitro groups is 1. The number of hydrogen-bond acceptors (Lipinski definition) is 8. The van der Waals surface area contributed by atoms with E-state index in [2.05, 4.69) is 15.5 Å². The Balaban J connectivity index is 1.54. The number of hydrazone groups is 1. The maximum atomic E-state index is 11.8. The molecule has 3 aromatic rings. The second kappa shape index (κ2) is 7.93. The molecule has 0 saturated heterocycles. The number of nitrogens with one attached hydrogen (secondary N) is 1. The Morgan fingerprint density at radius 1 is 1.35 bits per heavy atom. The van der Waals surface area contributed by atoms with Crippen molar-refractivity contribution in [2.24, 2.45) is 5.10 Å². The fourth-order valence-electron chi connectivity index (χ4n) is 2.01. The van der Waals surface area contributed by atoms with Crippen LogP contribution in [0.25, 0.3) is 10.2 Å². The summed E-state index contributed by atoms with van der Waals surface area (Å²) < 4.78 is 1.84. The van der Waals surface area contributed by atoms with Gasteiger partial charge in [-0.1, -0.05) is 36.0 Å². The number of thioether (sulfide) groups is 1. The predicted molar refractivity (Wildman–Crippen MR) is 98.6 cm³/mol. The number of fused-ring (bicyclic) bond motifs is 1. The molecule has 2 aromatic carbocycles. The second-order valence-corrected chi connectivity index (χ2v) is 7.27. The van der Waals surface area contributed by atoms with Gasteiger partial charge >= 0.3 is 0 Å². The molecule has 0 spiro atoms. The van der Waals surface area contributed by atoms with Crippen LogP contribution in [-0.4, -0.2) is 27.8 Å². The van der Waals surface area contributed by atoms with Crippen molar-refractivity contribution in [1.82, 2.24) is 10.4 Å². The fourth-order valence-corrected chi connectivity index (χ4v) is 3.87. The summed E-state index contributed by atoms with van der Waals surface area (Å²) in [7, 11) is 0. The highest BCUT2D eigenvalue weighted by Crippen LogP contribution is 2.29. The molecule has 1 N–H and O–H groups in total. The first-order valence-electron chi connectivity index (χ1n) is 7.28. The lowest BCUT2D eigenvalue weighted by Crippen LogP contribution is -2.19. The van der Waals surface area contributed by atoms with Gasteiger partial charge < -0.3 is 5.11 Å². The van der Waals surface area contributed by atoms with Crippen molar-refractivity contribution in [2.75, 3.05) is 5.75 Å². The zero-order valence-corrected chi connectivity index (χ0v) is 14.8. The van der Waals surface area contributed by atoms with E-state index in [-0.39, 0.29) is 11.7 Å². The topological polar surface area (TPSA) is 121 Å². The first kappa shape index (κ1) is 17.8. The quantitative estimate of drug-likeness (QED) is 0.300. The molecule has 0 aliphatic rings. The van der Waals surface area contributed by atoms with Gasteiger partial charge in [-0.25, -0.2) is 10.4 Å². The average molecular weight is 387 g/mol. The molecule has 0 unspecified atom stereocenters. The third-order valence-electron chi connectivity index (χ3n) is 3.18. The van der Waals surface area contributed by atoms with Gasteiger partial charge in [-0.3, -0.25) is 14.9 Å². The molecular formula is C16H11N4O4S2-. The Kier molecular flexibility index (Phi) is 5.44. The number of benzene rings is 2. The van der Waals surface area contributed by atoms with Gasteiger partial charge in [-0.15, -0.1) is 11.3 Å². The number of carbonyl (C=O) groups excluding carboxylic acids is 1. The van der Waals surface area contributed by atoms with E-state index >= 15 is 0 Å². The van der Waals surface area contributed by atoms with Crippen LogP contribution in [0, 0.1) is 10.1 Å². The maximum Gasteiger partial charge on any atom is 0.262 e. The number of aromatic nitrogens is 1. The highest BCUT2D eigenvalue weighted by Gasteiger charge is 2.08. The normalized spacial score (nSPS) is 11.1. The molecule has 0 atom stereocenters. The van der Waals surface area contributed by atoms with E-state index in [0.717, 1.165) is 26.7 Å². The van der Waals surface area contributed by atoms with E-state index in [0.29, 0.717) is 5.56 Å². The molecular weight excluding hydrogens is 376 g/mol. The molecule has 3 rings (SSSR count). The van der Waals surface area contributed by atoms with Crippen LogP contribution in [0.15, 0.2) is 51.9 Å². The smallest absolute Gasteiger partial charge is 0.262 e. The summed E-state index contributed by atoms with van der Waals surface area (Å²) in [5.41, 5.74) is 3.04. The third kappa shape index (κ3) is 4.35. The zero-order valence-electron chi connectivity index (χ0n) is 13.1. The molecule has 26 heavy (non-hydrogen) atoms. The summed E-state index contributed by atoms with van der Waals surface area (Å²) in [4.78, 5) is 26.2. The van der Waals surface area contributed by atoms with Gasteiger partial charge in [0.2, 0.25) is 0 Å². The van der Waals surface area contributed by atoms with Crippen molar-refractivity contribution >= 4 is 51.1 Å². The summed E-state index contributed by atoms with van der Waals surface area (Å²) in [5, 5.41) is 25.8. The van der Waals surface area contributed by atoms with E-state index in [4.69, 9.17) is 0 Å². The number of rotatable bonds is 6. The first-order valence-corrected chi connectivity index (χ1v) is 9.09. The lowest BCUT2D eigenvalue weighted by Gasteiger charge is -2.05. The summed E-state index contributed by atoms with van der Waals surface area (Å²) in [5.74, 6) is -0.875. The molecule has 10 heteroatoms. The van der Waals surface area contributed by atoms with Crippen LogP contribution in [0.1, 0.15) is 5.56 Å². The van der Waals surface area contributed by atoms with Crippen molar-refractivity contribution in [3.8, 4) is 5.75 Å². The average Bonchev–Trinajstić information content (AvgIpc) is 3.04. The van der Waals surface area contributed by atoms with Gasteiger partial charge in [0.15, 0.2) is 4.34 Å². The maximum absolute atomic E-state index is 11.8. The minimum Gasteiger partial charge on any atom is -0.868 e. The summed E-state index contributed by atoms with van der Waals surface area (Å²) in [6.07, 6.45) is 1.24. The molecule has 0 radical (unpaired) electrons. The molecule has 8 nitrogen and oxygen atoms in total. The summed E-state index contributed by atoms with van der Waals surface area (Å²) in [6, 6.07) is 11.3. The van der Waals surface area contributed by atoms with Crippen LogP contribution >= 0.6 is 23.1 Å². The Morgan fingerprint density at radius 3 is 2.92 bits per heavy atom. The van der Waals surface area contributed by atoms with Crippen LogP contribution in [-0.2, 0) is 4.79 Å². The molecule has 132 valence electrons. The molecule has 0 aliphatic heterocycles. The Morgan fingerprint density at radius 2 is 2.15 bits per heavy atom. The van der Waals surface area contributed by atoms with Crippen LogP contribution in [0.4, 0.5) is 5.69 Å². The van der Waals surface area contributed by atoms with Gasteiger partial charge in [0, 0.05) is 11.6 Å². The van der Waals surface area contributed by atoms with E-state index in [1.807, 2.05) is 24.3 Å². The summed E-state index contributed by atoms with van der Waals surface area (Å²) >= 11 is 2.81. The number of nitrogens with zero attached hydrogens (tertiary/aromatic N) is 3. The second-order valence-electron chi connectivity index (χ2n) is 5.01. The number of hydrogen-bond donors (Lipinski definition) is 1. The van der Waals surface area contributed by atoms with Crippen molar-refractivity contribution in [3.63, 3.8) is 0 Å². The predicted octanol–water partition coefficient (Wildman–Crippen LogP) is 2.52. The molecule has 0 bridgehead atoms. The monoisotopic (exact) mass is 387 g/mol. The molecule has 0 aliphatic carbocycles. The molecule has 1 heterocycles. The number of para-hydroxylation sites is 1. The standard InChI is InChI=1S/C16H12N4O4S2/c21-13-6-5-10(7-12(13)20(23)24)8-17-19-15(22)9-25-16-18-11-3-1-2-4-14(11)26-16/h1-8,21H,9H2,(H,19,22)/p-1/b17-8-. The Hall–Kier alpha value is -2.98. The van der Waals surface area contributed by atoms with E-state index in [1.165, 1.54) is 35.4 Å². The molecule has 1 aromatic heterocycles. The van der Waals surface area contributed by atoms with Gasteiger partial charge in [-0.2, -0.15) is 5.10 Å². The highest BCUT2D eigenvalue weighted by molar-refractivity contribution is 8.01. The largest absolute Gasteiger partial charge is 0.868 e. The van der Waals surface area contributed by atoms with Gasteiger partial charge in [0.05, 0.1) is 27.1 Å². The van der Waals surface area contributed by atoms with Crippen LogP contribution in [0.5, 0.6) is 5.75 Å². The van der Waals surface area contributed by atoms with E-state index < -0.39 is 16.4 Å². The zero-order chi connectivity index (χ0) is 18.5. The minimum atomic E-state index is -0.757. The van der Waals surface area contributed by atoms with Gasteiger partial charge in [0.1, 0.15) is 0 Å². The lowest BCUT2D eigenvalue weighted by atomic mass is 10.2. The van der Waals surface area contributed by atoms with Crippen LogP contribution in [0.2, 0.25) is 0 Å². The van der Waals surface area contributed by atoms with Gasteiger partial charge in [0.25, 0.3) is 11.6 Å². The SMILES string of the molecule is O=C(CSc1nc2ccccc2s1)N/N=C\c1ccc([O-])c([N+](=O)[O-])c1. The fraction of sp³-hybridized carbons (Fsp3) is 0.0625. The van der Waals surface area contributed by atoms with Crippen molar-refractivity contribution in [2.45, 2.75) is 4.34 Å². The van der Waals surface area contributed by atoms with E-state index in [1.54, 1.807) is 0 Å². The first-order chi connectivity index (χ1) is 12.5. The number of thiazole rings is 1. The number of carbonyl (C=O) groups is 1. The van der Waals surface area contributed by atoms with Gasteiger partial charge in [-0.05, 0) is 17.9 Å². The van der Waals surface area contributed by atoms with Crippen LogP contribution in [0.3, 0.4) is 0 Å². The molecule has 1 amide bonds. The van der Waals surface area contributed by atoms with Crippen molar-refractivity contribution in [3.05, 3.63) is 58.1 Å². The van der Waals surface area contributed by atoms with Crippen molar-refractivity contribution in [1.29, 1.82) is 0 Å². The number of amides is 1. The Bertz CT molecular complexity index is 970. The van der Waals surface area contributed by atoms with E-state index in [9.17, 15) is 20.0 Å². The van der Waals surface area contributed by atoms with Crippen LogP contribution < -0.4 is 10.5 Å². The van der Waals surface area contributed by atoms with Crippen molar-refractivity contribution < 1.29 is 14.8 Å².